The molecule has 3 nitrogen and oxygen atoms in total. The van der Waals surface area contributed by atoms with E-state index in [0.717, 1.165) is 35.6 Å². The Morgan fingerprint density at radius 3 is 2.48 bits per heavy atom. The van der Waals surface area contributed by atoms with E-state index < -0.39 is 0 Å². The monoisotopic (exact) mass is 356 g/mol. The third-order valence-electron chi connectivity index (χ3n) is 4.75. The van der Waals surface area contributed by atoms with Gasteiger partial charge in [-0.15, -0.1) is 0 Å². The lowest BCUT2D eigenvalue weighted by molar-refractivity contribution is 0.303. The van der Waals surface area contributed by atoms with Gasteiger partial charge in [0.15, 0.2) is 0 Å². The van der Waals surface area contributed by atoms with Gasteiger partial charge in [-0.3, -0.25) is 0 Å². The number of aryl methyl sites for hydroxylation is 3. The van der Waals surface area contributed by atoms with Crippen LogP contribution in [0.3, 0.4) is 0 Å². The fraction of sp³-hybridized carbons (Fsp3) is 0.208. The second-order valence-electron chi connectivity index (χ2n) is 6.96. The first-order valence-corrected chi connectivity index (χ1v) is 9.42. The molecule has 1 heterocycles. The molecule has 0 saturated carbocycles. The minimum Gasteiger partial charge on any atom is -0.494 e. The molecule has 0 spiro atoms. The molecular weight excluding hydrogens is 332 g/mol. The van der Waals surface area contributed by atoms with E-state index in [0.29, 0.717) is 6.61 Å². The lowest BCUT2D eigenvalue weighted by atomic mass is 10.1. The molecule has 1 aromatic heterocycles. The summed E-state index contributed by atoms with van der Waals surface area (Å²) in [7, 11) is 0. The van der Waals surface area contributed by atoms with Gasteiger partial charge in [-0.1, -0.05) is 53.6 Å². The summed E-state index contributed by atoms with van der Waals surface area (Å²) in [5, 5.41) is 0. The number of hydrogen-bond donors (Lipinski definition) is 0. The molecule has 3 aromatic carbocycles. The summed E-state index contributed by atoms with van der Waals surface area (Å²) >= 11 is 0. The van der Waals surface area contributed by atoms with Crippen molar-refractivity contribution >= 4 is 11.0 Å². The van der Waals surface area contributed by atoms with Crippen molar-refractivity contribution < 1.29 is 4.74 Å². The summed E-state index contributed by atoms with van der Waals surface area (Å²) in [4.78, 5) is 4.89. The molecule has 4 rings (SSSR count). The summed E-state index contributed by atoms with van der Waals surface area (Å²) in [5.74, 6) is 1.95. The number of para-hydroxylation sites is 2. The zero-order valence-electron chi connectivity index (χ0n) is 15.9. The molecule has 136 valence electrons. The van der Waals surface area contributed by atoms with Crippen molar-refractivity contribution in [1.29, 1.82) is 0 Å². The van der Waals surface area contributed by atoms with Gasteiger partial charge < -0.3 is 9.30 Å². The van der Waals surface area contributed by atoms with Crippen LogP contribution < -0.4 is 4.74 Å². The predicted molar refractivity (Wildman–Crippen MR) is 111 cm³/mol. The lowest BCUT2D eigenvalue weighted by Crippen LogP contribution is -2.06. The van der Waals surface area contributed by atoms with E-state index in [-0.39, 0.29) is 0 Å². The van der Waals surface area contributed by atoms with Crippen LogP contribution in [0.25, 0.3) is 22.4 Å². The van der Waals surface area contributed by atoms with Crippen LogP contribution in [-0.2, 0) is 6.54 Å². The van der Waals surface area contributed by atoms with E-state index in [1.807, 2.05) is 18.2 Å². The summed E-state index contributed by atoms with van der Waals surface area (Å²) in [6.45, 7) is 5.76. The number of aromatic nitrogens is 2. The van der Waals surface area contributed by atoms with E-state index in [4.69, 9.17) is 9.72 Å². The van der Waals surface area contributed by atoms with Gasteiger partial charge in [-0.25, -0.2) is 4.98 Å². The molecule has 4 aromatic rings. The van der Waals surface area contributed by atoms with Gasteiger partial charge in [-0.2, -0.15) is 0 Å². The van der Waals surface area contributed by atoms with Crippen molar-refractivity contribution in [2.75, 3.05) is 6.61 Å². The molecule has 0 N–H and O–H groups in total. The van der Waals surface area contributed by atoms with Crippen LogP contribution in [0.4, 0.5) is 0 Å². The number of rotatable bonds is 6. The molecule has 0 aliphatic rings. The third kappa shape index (κ3) is 3.87. The van der Waals surface area contributed by atoms with Crippen molar-refractivity contribution in [3.05, 3.63) is 83.9 Å². The van der Waals surface area contributed by atoms with E-state index in [1.165, 1.54) is 16.6 Å². The van der Waals surface area contributed by atoms with Gasteiger partial charge in [0.05, 0.1) is 17.6 Å². The number of benzene rings is 3. The summed E-state index contributed by atoms with van der Waals surface area (Å²) < 4.78 is 8.21. The van der Waals surface area contributed by atoms with Gasteiger partial charge in [0.2, 0.25) is 0 Å². The van der Waals surface area contributed by atoms with Crippen LogP contribution in [0.15, 0.2) is 72.8 Å². The van der Waals surface area contributed by atoms with E-state index in [9.17, 15) is 0 Å². The Morgan fingerprint density at radius 2 is 1.67 bits per heavy atom. The highest BCUT2D eigenvalue weighted by Crippen LogP contribution is 2.26. The largest absolute Gasteiger partial charge is 0.494 e. The maximum atomic E-state index is 5.90. The molecule has 0 aliphatic heterocycles. The smallest absolute Gasteiger partial charge is 0.141 e. The van der Waals surface area contributed by atoms with Crippen LogP contribution in [0.5, 0.6) is 5.75 Å². The predicted octanol–water partition coefficient (Wildman–Crippen LogP) is 5.79. The van der Waals surface area contributed by atoms with Crippen LogP contribution in [0.1, 0.15) is 17.5 Å². The number of hydrogen-bond acceptors (Lipinski definition) is 2. The minimum absolute atomic E-state index is 0.683. The van der Waals surface area contributed by atoms with Crippen molar-refractivity contribution in [2.45, 2.75) is 26.8 Å². The molecular formula is C24H24N2O. The highest BCUT2D eigenvalue weighted by Gasteiger charge is 2.12. The highest BCUT2D eigenvalue weighted by atomic mass is 16.5. The minimum atomic E-state index is 0.683. The van der Waals surface area contributed by atoms with Crippen LogP contribution in [0.2, 0.25) is 0 Å². The van der Waals surface area contributed by atoms with Gasteiger partial charge >= 0.3 is 0 Å². The van der Waals surface area contributed by atoms with Gasteiger partial charge in [0.1, 0.15) is 11.6 Å². The zero-order valence-corrected chi connectivity index (χ0v) is 15.9. The Hall–Kier alpha value is -3.07. The average molecular weight is 356 g/mol. The number of imidazole rings is 1. The molecule has 0 saturated heterocycles. The van der Waals surface area contributed by atoms with Crippen molar-refractivity contribution in [1.82, 2.24) is 9.55 Å². The summed E-state index contributed by atoms with van der Waals surface area (Å²) in [6, 6.07) is 25.1. The first-order chi connectivity index (χ1) is 13.2. The van der Waals surface area contributed by atoms with E-state index >= 15 is 0 Å². The maximum absolute atomic E-state index is 5.90. The molecule has 0 bridgehead atoms. The van der Waals surface area contributed by atoms with Crippen LogP contribution >= 0.6 is 0 Å². The van der Waals surface area contributed by atoms with Gasteiger partial charge in [0.25, 0.3) is 0 Å². The van der Waals surface area contributed by atoms with Crippen molar-refractivity contribution in [2.24, 2.45) is 0 Å². The molecule has 0 aliphatic carbocycles. The Bertz CT molecular complexity index is 1050. The standard InChI is InChI=1S/C24H24N2O/c1-18-11-13-21(14-12-18)27-16-6-15-26-23-10-4-3-9-22(23)25-24(26)20-8-5-7-19(2)17-20/h3-5,7-14,17H,6,15-16H2,1-2H3. The summed E-state index contributed by atoms with van der Waals surface area (Å²) in [6.07, 6.45) is 0.924. The molecule has 0 radical (unpaired) electrons. The fourth-order valence-electron chi connectivity index (χ4n) is 3.35. The quantitative estimate of drug-likeness (QED) is 0.409. The molecule has 0 fully saturated rings. The Morgan fingerprint density at radius 1 is 0.852 bits per heavy atom. The van der Waals surface area contributed by atoms with Gasteiger partial charge in [0, 0.05) is 12.1 Å². The molecule has 3 heteroatoms. The molecule has 0 atom stereocenters. The fourth-order valence-corrected chi connectivity index (χ4v) is 3.35. The van der Waals surface area contributed by atoms with Crippen molar-refractivity contribution in [3.8, 4) is 17.1 Å². The summed E-state index contributed by atoms with van der Waals surface area (Å²) in [5.41, 5.74) is 5.85. The van der Waals surface area contributed by atoms with E-state index in [1.54, 1.807) is 0 Å². The second-order valence-corrected chi connectivity index (χ2v) is 6.96. The Balaban J connectivity index is 1.55. The van der Waals surface area contributed by atoms with Crippen LogP contribution in [-0.4, -0.2) is 16.2 Å². The van der Waals surface area contributed by atoms with Crippen LogP contribution in [0, 0.1) is 13.8 Å². The van der Waals surface area contributed by atoms with Crippen molar-refractivity contribution in [3.63, 3.8) is 0 Å². The SMILES string of the molecule is Cc1ccc(OCCCn2c(-c3cccc(C)c3)nc3ccccc32)cc1. The lowest BCUT2D eigenvalue weighted by Gasteiger charge is -2.11. The number of ether oxygens (including phenoxy) is 1. The molecule has 0 unspecified atom stereocenters. The Kier molecular flexibility index (Phi) is 4.93. The number of nitrogens with zero attached hydrogens (tertiary/aromatic N) is 2. The normalized spacial score (nSPS) is 11.0. The number of fused-ring (bicyclic) bond motifs is 1. The third-order valence-corrected chi connectivity index (χ3v) is 4.75. The second kappa shape index (κ2) is 7.67. The highest BCUT2D eigenvalue weighted by molar-refractivity contribution is 5.80. The molecule has 27 heavy (non-hydrogen) atoms. The average Bonchev–Trinajstić information content (AvgIpc) is 3.05. The maximum Gasteiger partial charge on any atom is 0.141 e. The topological polar surface area (TPSA) is 27.1 Å². The first kappa shape index (κ1) is 17.3. The molecule has 0 amide bonds. The van der Waals surface area contributed by atoms with E-state index in [2.05, 4.69) is 73.0 Å². The zero-order chi connectivity index (χ0) is 18.6. The van der Waals surface area contributed by atoms with Gasteiger partial charge in [-0.05, 0) is 50.6 Å². The Labute approximate surface area is 160 Å². The first-order valence-electron chi connectivity index (χ1n) is 9.42.